The fourth-order valence-electron chi connectivity index (χ4n) is 4.79. The highest BCUT2D eigenvalue weighted by molar-refractivity contribution is 5.69. The van der Waals surface area contributed by atoms with Crippen LogP contribution in [0.4, 0.5) is 0 Å². The van der Waals surface area contributed by atoms with Gasteiger partial charge in [0.25, 0.3) is 0 Å². The molecule has 1 N–H and O–H groups in total. The predicted molar refractivity (Wildman–Crippen MR) is 124 cm³/mol. The van der Waals surface area contributed by atoms with Crippen LogP contribution in [-0.4, -0.2) is 45.9 Å². The standard InChI is InChI=1S/C25H47NO5/c1-6-7-8-15-18-30-26-24(2,3)19-21(20-25(26,4)5)31-23(29)17-14-12-10-9-11-13-16-22(27)28/h21H,6-20H2,1-5H3,(H,27,28). The fourth-order valence-corrected chi connectivity index (χ4v) is 4.79. The molecule has 0 spiro atoms. The van der Waals surface area contributed by atoms with Crippen molar-refractivity contribution < 1.29 is 24.3 Å². The molecule has 0 aromatic carbocycles. The number of unbranched alkanes of at least 4 members (excludes halogenated alkanes) is 8. The van der Waals surface area contributed by atoms with E-state index in [4.69, 9.17) is 14.7 Å². The summed E-state index contributed by atoms with van der Waals surface area (Å²) in [6, 6.07) is 0. The van der Waals surface area contributed by atoms with Crippen LogP contribution in [0.25, 0.3) is 0 Å². The summed E-state index contributed by atoms with van der Waals surface area (Å²) in [5.74, 6) is -0.824. The Morgan fingerprint density at radius 1 is 0.839 bits per heavy atom. The topological polar surface area (TPSA) is 76.1 Å². The second-order valence-electron chi connectivity index (χ2n) is 10.3. The minimum Gasteiger partial charge on any atom is -0.481 e. The van der Waals surface area contributed by atoms with Crippen molar-refractivity contribution in [3.63, 3.8) is 0 Å². The summed E-state index contributed by atoms with van der Waals surface area (Å²) in [7, 11) is 0. The van der Waals surface area contributed by atoms with Crippen molar-refractivity contribution in [1.82, 2.24) is 5.06 Å². The average Bonchev–Trinajstić information content (AvgIpc) is 2.64. The molecule has 1 heterocycles. The van der Waals surface area contributed by atoms with E-state index < -0.39 is 5.97 Å². The molecule has 1 fully saturated rings. The third-order valence-electron chi connectivity index (χ3n) is 6.09. The Labute approximate surface area is 190 Å². The molecular weight excluding hydrogens is 394 g/mol. The number of carboxylic acids is 1. The van der Waals surface area contributed by atoms with Gasteiger partial charge in [-0.25, -0.2) is 0 Å². The van der Waals surface area contributed by atoms with Crippen LogP contribution in [0.3, 0.4) is 0 Å². The molecule has 1 aliphatic rings. The number of hydrogen-bond acceptors (Lipinski definition) is 5. The van der Waals surface area contributed by atoms with Crippen LogP contribution < -0.4 is 0 Å². The van der Waals surface area contributed by atoms with Gasteiger partial charge in [-0.05, 0) is 47.0 Å². The lowest BCUT2D eigenvalue weighted by molar-refractivity contribution is -0.293. The number of ether oxygens (including phenoxy) is 1. The smallest absolute Gasteiger partial charge is 0.306 e. The van der Waals surface area contributed by atoms with E-state index in [9.17, 15) is 9.59 Å². The Morgan fingerprint density at radius 2 is 1.35 bits per heavy atom. The number of esters is 1. The van der Waals surface area contributed by atoms with Crippen molar-refractivity contribution in [2.24, 2.45) is 0 Å². The molecule has 6 nitrogen and oxygen atoms in total. The second kappa shape index (κ2) is 14.1. The fraction of sp³-hybridized carbons (Fsp3) is 0.920. The predicted octanol–water partition coefficient (Wildman–Crippen LogP) is 6.27. The molecule has 31 heavy (non-hydrogen) atoms. The van der Waals surface area contributed by atoms with Crippen molar-refractivity contribution >= 4 is 11.9 Å². The monoisotopic (exact) mass is 441 g/mol. The number of hydrogen-bond donors (Lipinski definition) is 1. The Hall–Kier alpha value is -1.14. The third-order valence-corrected chi connectivity index (χ3v) is 6.09. The molecule has 0 radical (unpaired) electrons. The summed E-state index contributed by atoms with van der Waals surface area (Å²) in [5.41, 5.74) is -0.374. The Balaban J connectivity index is 2.31. The number of carbonyl (C=O) groups excluding carboxylic acids is 1. The van der Waals surface area contributed by atoms with Crippen molar-refractivity contribution in [1.29, 1.82) is 0 Å². The van der Waals surface area contributed by atoms with Crippen LogP contribution in [0.1, 0.15) is 125 Å². The van der Waals surface area contributed by atoms with Gasteiger partial charge in [0.2, 0.25) is 0 Å². The quantitative estimate of drug-likeness (QED) is 0.225. The summed E-state index contributed by atoms with van der Waals surface area (Å²) in [6.07, 6.45) is 12.5. The SMILES string of the molecule is CCCCCCON1C(C)(C)CC(OC(=O)CCCCCCCCC(=O)O)CC1(C)C. The molecule has 0 unspecified atom stereocenters. The highest BCUT2D eigenvalue weighted by Gasteiger charge is 2.47. The van der Waals surface area contributed by atoms with Gasteiger partial charge in [0.1, 0.15) is 6.10 Å². The first-order valence-electron chi connectivity index (χ1n) is 12.4. The number of carbonyl (C=O) groups is 2. The highest BCUT2D eigenvalue weighted by atomic mass is 16.7. The van der Waals surface area contributed by atoms with E-state index in [2.05, 4.69) is 39.7 Å². The van der Waals surface area contributed by atoms with Crippen LogP contribution >= 0.6 is 0 Å². The zero-order chi connectivity index (χ0) is 23.3. The van der Waals surface area contributed by atoms with E-state index in [1.165, 1.54) is 19.3 Å². The third kappa shape index (κ3) is 11.3. The first-order chi connectivity index (χ1) is 14.6. The molecule has 0 amide bonds. The van der Waals surface area contributed by atoms with E-state index in [1.54, 1.807) is 0 Å². The van der Waals surface area contributed by atoms with Crippen LogP contribution in [0.15, 0.2) is 0 Å². The van der Waals surface area contributed by atoms with Gasteiger partial charge in [0, 0.05) is 36.8 Å². The lowest BCUT2D eigenvalue weighted by atomic mass is 9.80. The zero-order valence-electron chi connectivity index (χ0n) is 20.7. The molecule has 0 aromatic rings. The molecule has 1 saturated heterocycles. The number of rotatable bonds is 16. The normalized spacial score (nSPS) is 18.7. The maximum atomic E-state index is 12.4. The lowest BCUT2D eigenvalue weighted by Gasteiger charge is -2.53. The number of aliphatic carboxylic acids is 1. The van der Waals surface area contributed by atoms with Crippen molar-refractivity contribution in [2.45, 2.75) is 142 Å². The van der Waals surface area contributed by atoms with Gasteiger partial charge in [0.05, 0.1) is 6.61 Å². The van der Waals surface area contributed by atoms with Gasteiger partial charge in [-0.2, -0.15) is 5.06 Å². The van der Waals surface area contributed by atoms with Gasteiger partial charge >= 0.3 is 11.9 Å². The van der Waals surface area contributed by atoms with Gasteiger partial charge < -0.3 is 9.84 Å². The Kier molecular flexibility index (Phi) is 12.7. The molecule has 1 rings (SSSR count). The van der Waals surface area contributed by atoms with Crippen LogP contribution in [0.5, 0.6) is 0 Å². The van der Waals surface area contributed by atoms with Crippen LogP contribution in [-0.2, 0) is 19.2 Å². The summed E-state index contributed by atoms with van der Waals surface area (Å²) < 4.78 is 5.85. The number of carboxylic acid groups (broad SMARTS) is 1. The van der Waals surface area contributed by atoms with E-state index in [0.29, 0.717) is 6.42 Å². The first kappa shape index (κ1) is 27.9. The van der Waals surface area contributed by atoms with E-state index in [0.717, 1.165) is 64.4 Å². The zero-order valence-corrected chi connectivity index (χ0v) is 20.7. The lowest BCUT2D eigenvalue weighted by Crippen LogP contribution is -2.62. The number of piperidine rings is 1. The molecule has 182 valence electrons. The molecule has 0 bridgehead atoms. The Morgan fingerprint density at radius 3 is 1.90 bits per heavy atom. The highest BCUT2D eigenvalue weighted by Crippen LogP contribution is 2.40. The van der Waals surface area contributed by atoms with Gasteiger partial charge in [-0.1, -0.05) is 51.9 Å². The second-order valence-corrected chi connectivity index (χ2v) is 10.3. The molecular formula is C25H47NO5. The van der Waals surface area contributed by atoms with Gasteiger partial charge in [0.15, 0.2) is 0 Å². The average molecular weight is 442 g/mol. The van der Waals surface area contributed by atoms with Crippen molar-refractivity contribution in [3.05, 3.63) is 0 Å². The van der Waals surface area contributed by atoms with Gasteiger partial charge in [-0.3, -0.25) is 14.4 Å². The van der Waals surface area contributed by atoms with Crippen LogP contribution in [0.2, 0.25) is 0 Å². The maximum absolute atomic E-state index is 12.4. The minimum absolute atomic E-state index is 0.0755. The van der Waals surface area contributed by atoms with E-state index >= 15 is 0 Å². The van der Waals surface area contributed by atoms with Crippen molar-refractivity contribution in [3.8, 4) is 0 Å². The Bertz CT molecular complexity index is 514. The van der Waals surface area contributed by atoms with Gasteiger partial charge in [-0.15, -0.1) is 0 Å². The summed E-state index contributed by atoms with van der Waals surface area (Å²) in [4.78, 5) is 29.1. The van der Waals surface area contributed by atoms with Crippen LogP contribution in [0, 0.1) is 0 Å². The number of hydroxylamine groups is 2. The van der Waals surface area contributed by atoms with Crippen molar-refractivity contribution in [2.75, 3.05) is 6.61 Å². The minimum atomic E-state index is -0.724. The molecule has 6 heteroatoms. The number of nitrogens with zero attached hydrogens (tertiary/aromatic N) is 1. The molecule has 0 aliphatic carbocycles. The summed E-state index contributed by atoms with van der Waals surface area (Å²) in [6.45, 7) is 11.6. The molecule has 1 aliphatic heterocycles. The summed E-state index contributed by atoms with van der Waals surface area (Å²) in [5, 5.41) is 10.8. The summed E-state index contributed by atoms with van der Waals surface area (Å²) >= 11 is 0. The molecule has 0 saturated carbocycles. The molecule has 0 atom stereocenters. The molecule has 0 aromatic heterocycles. The largest absolute Gasteiger partial charge is 0.481 e. The van der Waals surface area contributed by atoms with E-state index in [1.807, 2.05) is 0 Å². The first-order valence-corrected chi connectivity index (χ1v) is 12.4. The maximum Gasteiger partial charge on any atom is 0.306 e. The van der Waals surface area contributed by atoms with E-state index in [-0.39, 0.29) is 29.6 Å².